The van der Waals surface area contributed by atoms with Crippen LogP contribution in [0.4, 0.5) is 5.69 Å². The molecule has 0 heterocycles. The van der Waals surface area contributed by atoms with Crippen molar-refractivity contribution in [1.82, 2.24) is 0 Å². The molecule has 4 rings (SSSR count). The minimum atomic E-state index is -4.25. The number of carbonyl (C=O) groups excluding carboxylic acids is 1. The highest BCUT2D eigenvalue weighted by molar-refractivity contribution is 7.93. The Bertz CT molecular complexity index is 1500. The van der Waals surface area contributed by atoms with Gasteiger partial charge in [-0.3, -0.25) is 4.79 Å². The van der Waals surface area contributed by atoms with Crippen molar-refractivity contribution < 1.29 is 22.7 Å². The summed E-state index contributed by atoms with van der Waals surface area (Å²) in [6.45, 7) is 6.10. The Morgan fingerprint density at radius 3 is 1.90 bits per heavy atom. The Morgan fingerprint density at radius 2 is 1.31 bits per heavy atom. The first-order valence-corrected chi connectivity index (χ1v) is 14.3. The highest BCUT2D eigenvalue weighted by Gasteiger charge is 2.31. The molecule has 4 aromatic carbocycles. The molecule has 8 heteroatoms. The predicted molar refractivity (Wildman–Crippen MR) is 154 cm³/mol. The number of ether oxygens (including phenoxy) is 2. The molecule has 0 saturated heterocycles. The number of rotatable bonds is 10. The van der Waals surface area contributed by atoms with Crippen LogP contribution in [-0.2, 0) is 20.2 Å². The summed E-state index contributed by atoms with van der Waals surface area (Å²) in [6, 6.07) is 29.5. The van der Waals surface area contributed by atoms with E-state index in [1.165, 1.54) is 42.0 Å². The molecule has 202 valence electrons. The van der Waals surface area contributed by atoms with E-state index in [0.29, 0.717) is 23.1 Å². The van der Waals surface area contributed by atoms with Crippen molar-refractivity contribution in [3.05, 3.63) is 119 Å². The molecule has 1 amide bonds. The van der Waals surface area contributed by atoms with Gasteiger partial charge in [0, 0.05) is 10.4 Å². The average Bonchev–Trinajstić information content (AvgIpc) is 2.94. The van der Waals surface area contributed by atoms with E-state index in [4.69, 9.17) is 21.1 Å². The Morgan fingerprint density at radius 1 is 0.769 bits per heavy atom. The molecule has 0 atom stereocenters. The fourth-order valence-corrected chi connectivity index (χ4v) is 5.70. The summed E-state index contributed by atoms with van der Waals surface area (Å²) < 4.78 is 39.1. The minimum Gasteiger partial charge on any atom is -0.494 e. The number of carbonyl (C=O) groups is 1. The lowest BCUT2D eigenvalue weighted by atomic mass is 9.78. The highest BCUT2D eigenvalue weighted by Crippen LogP contribution is 2.32. The molecule has 0 aliphatic carbocycles. The summed E-state index contributed by atoms with van der Waals surface area (Å²) in [5.74, 6) is 0.265. The predicted octanol–water partition coefficient (Wildman–Crippen LogP) is 6.87. The fraction of sp³-hybridized carbons (Fsp3) is 0.194. The first kappa shape index (κ1) is 28.2. The number of nitrogens with zero attached hydrogens (tertiary/aromatic N) is 1. The molecule has 6 nitrogen and oxygen atoms in total. The molecular weight excluding hydrogens is 534 g/mol. The van der Waals surface area contributed by atoms with Crippen LogP contribution in [-0.4, -0.2) is 27.5 Å². The lowest BCUT2D eigenvalue weighted by molar-refractivity contribution is -0.119. The van der Waals surface area contributed by atoms with Crippen molar-refractivity contribution in [2.75, 3.05) is 17.5 Å². The molecule has 0 aliphatic rings. The second kappa shape index (κ2) is 11.9. The van der Waals surface area contributed by atoms with Gasteiger partial charge in [-0.15, -0.1) is 0 Å². The molecule has 0 fully saturated rings. The van der Waals surface area contributed by atoms with E-state index in [1.54, 1.807) is 24.3 Å². The number of amides is 1. The molecule has 4 aromatic rings. The summed E-state index contributed by atoms with van der Waals surface area (Å²) in [6.07, 6.45) is 0. The van der Waals surface area contributed by atoms with Crippen LogP contribution in [0.1, 0.15) is 31.9 Å². The van der Waals surface area contributed by atoms with Gasteiger partial charge in [0.25, 0.3) is 15.9 Å². The third-order valence-electron chi connectivity index (χ3n) is 6.39. The monoisotopic (exact) mass is 563 g/mol. The molecule has 39 heavy (non-hydrogen) atoms. The van der Waals surface area contributed by atoms with Crippen LogP contribution in [0.2, 0.25) is 5.02 Å². The highest BCUT2D eigenvalue weighted by atomic mass is 35.5. The van der Waals surface area contributed by atoms with Crippen molar-refractivity contribution in [1.29, 1.82) is 0 Å². The standard InChI is InChI=1S/C31H30ClNO5S/c1-4-37-27-18-14-26(15-19-27)33(39(35,36)29-20-12-25(32)13-21-29)30(34)22-38-28-16-10-24(11-17-28)31(2,3)23-8-6-5-7-9-23/h5-21H,4,22H2,1-3H3. The normalized spacial score (nSPS) is 11.6. The topological polar surface area (TPSA) is 72.9 Å². The zero-order chi connectivity index (χ0) is 28.0. The second-order valence-electron chi connectivity index (χ2n) is 9.35. The van der Waals surface area contributed by atoms with Gasteiger partial charge >= 0.3 is 0 Å². The molecule has 0 unspecified atom stereocenters. The fourth-order valence-electron chi connectivity index (χ4n) is 4.17. The molecule has 0 aliphatic heterocycles. The Kier molecular flexibility index (Phi) is 8.63. The number of anilines is 1. The van der Waals surface area contributed by atoms with Crippen LogP contribution < -0.4 is 13.8 Å². The third-order valence-corrected chi connectivity index (χ3v) is 8.41. The van der Waals surface area contributed by atoms with E-state index in [0.717, 1.165) is 9.87 Å². The van der Waals surface area contributed by atoms with Gasteiger partial charge in [0.2, 0.25) is 0 Å². The number of halogens is 1. The van der Waals surface area contributed by atoms with Gasteiger partial charge in [0.1, 0.15) is 11.5 Å². The summed E-state index contributed by atoms with van der Waals surface area (Å²) in [5, 5.41) is 0.384. The molecular formula is C31H30ClNO5S. The van der Waals surface area contributed by atoms with Gasteiger partial charge in [-0.1, -0.05) is 67.9 Å². The van der Waals surface area contributed by atoms with Crippen LogP contribution in [0.3, 0.4) is 0 Å². The van der Waals surface area contributed by atoms with Gasteiger partial charge in [0.15, 0.2) is 6.61 Å². The van der Waals surface area contributed by atoms with Gasteiger partial charge in [0.05, 0.1) is 17.2 Å². The molecule has 0 spiro atoms. The van der Waals surface area contributed by atoms with Gasteiger partial charge in [-0.05, 0) is 78.7 Å². The SMILES string of the molecule is CCOc1ccc(N(C(=O)COc2ccc(C(C)(C)c3ccccc3)cc2)S(=O)(=O)c2ccc(Cl)cc2)cc1. The van der Waals surface area contributed by atoms with Crippen LogP contribution in [0.5, 0.6) is 11.5 Å². The quantitative estimate of drug-likeness (QED) is 0.211. The Balaban J connectivity index is 1.57. The van der Waals surface area contributed by atoms with Crippen LogP contribution in [0.15, 0.2) is 108 Å². The van der Waals surface area contributed by atoms with E-state index in [1.807, 2.05) is 37.3 Å². The smallest absolute Gasteiger partial charge is 0.278 e. The second-order valence-corrected chi connectivity index (χ2v) is 11.6. The molecule has 0 bridgehead atoms. The Labute approximate surface area is 234 Å². The van der Waals surface area contributed by atoms with Gasteiger partial charge in [-0.25, -0.2) is 8.42 Å². The van der Waals surface area contributed by atoms with E-state index in [9.17, 15) is 13.2 Å². The lowest BCUT2D eigenvalue weighted by Crippen LogP contribution is -2.40. The number of benzene rings is 4. The minimum absolute atomic E-state index is 0.0679. The number of hydrogen-bond donors (Lipinski definition) is 0. The summed E-state index contributed by atoms with van der Waals surface area (Å²) >= 11 is 5.95. The zero-order valence-corrected chi connectivity index (χ0v) is 23.6. The summed E-state index contributed by atoms with van der Waals surface area (Å²) in [5.41, 5.74) is 2.19. The summed E-state index contributed by atoms with van der Waals surface area (Å²) in [7, 11) is -4.25. The molecule has 0 aromatic heterocycles. The molecule has 0 N–H and O–H groups in total. The van der Waals surface area contributed by atoms with Crippen LogP contribution in [0, 0.1) is 0 Å². The van der Waals surface area contributed by atoms with E-state index in [2.05, 4.69) is 26.0 Å². The van der Waals surface area contributed by atoms with Crippen molar-refractivity contribution in [3.63, 3.8) is 0 Å². The Hall–Kier alpha value is -3.81. The van der Waals surface area contributed by atoms with Crippen molar-refractivity contribution in [2.45, 2.75) is 31.1 Å². The maximum atomic E-state index is 13.6. The van der Waals surface area contributed by atoms with Gasteiger partial charge in [-0.2, -0.15) is 4.31 Å². The lowest BCUT2D eigenvalue weighted by Gasteiger charge is -2.26. The van der Waals surface area contributed by atoms with E-state index < -0.39 is 22.5 Å². The number of hydrogen-bond acceptors (Lipinski definition) is 5. The maximum absolute atomic E-state index is 13.6. The molecule has 0 saturated carbocycles. The largest absolute Gasteiger partial charge is 0.494 e. The van der Waals surface area contributed by atoms with E-state index in [-0.39, 0.29) is 16.0 Å². The van der Waals surface area contributed by atoms with Crippen LogP contribution in [0.25, 0.3) is 0 Å². The van der Waals surface area contributed by atoms with Crippen molar-refractivity contribution >= 4 is 33.2 Å². The maximum Gasteiger partial charge on any atom is 0.278 e. The van der Waals surface area contributed by atoms with Crippen LogP contribution >= 0.6 is 11.6 Å². The third kappa shape index (κ3) is 6.44. The van der Waals surface area contributed by atoms with Crippen molar-refractivity contribution in [2.24, 2.45) is 0 Å². The van der Waals surface area contributed by atoms with E-state index >= 15 is 0 Å². The first-order chi connectivity index (χ1) is 18.6. The number of sulfonamides is 1. The molecule has 0 radical (unpaired) electrons. The van der Waals surface area contributed by atoms with Crippen molar-refractivity contribution in [3.8, 4) is 11.5 Å². The summed E-state index contributed by atoms with van der Waals surface area (Å²) in [4.78, 5) is 13.3. The van der Waals surface area contributed by atoms with Gasteiger partial charge < -0.3 is 9.47 Å². The zero-order valence-electron chi connectivity index (χ0n) is 22.0. The first-order valence-electron chi connectivity index (χ1n) is 12.5. The average molecular weight is 564 g/mol.